The third-order valence-electron chi connectivity index (χ3n) is 2.65. The Bertz CT molecular complexity index is 553. The Morgan fingerprint density at radius 1 is 1.14 bits per heavy atom. The molecule has 1 rings (SSSR count). The van der Waals surface area contributed by atoms with Crippen molar-refractivity contribution in [2.24, 2.45) is 5.73 Å². The summed E-state index contributed by atoms with van der Waals surface area (Å²) in [5, 5.41) is 5.40. The van der Waals surface area contributed by atoms with Gasteiger partial charge in [0.25, 0.3) is 5.91 Å². The second kappa shape index (κ2) is 8.08. The minimum atomic E-state index is -0.586. The molecule has 112 valence electrons. The fourth-order valence-corrected chi connectivity index (χ4v) is 1.61. The second-order valence-corrected chi connectivity index (χ2v) is 4.94. The van der Waals surface area contributed by atoms with Gasteiger partial charge in [0.15, 0.2) is 0 Å². The zero-order chi connectivity index (χ0) is 15.8. The summed E-state index contributed by atoms with van der Waals surface area (Å²) in [6.45, 7) is 5.68. The van der Waals surface area contributed by atoms with Crippen molar-refractivity contribution in [3.63, 3.8) is 0 Å². The maximum absolute atomic E-state index is 12.0. The van der Waals surface area contributed by atoms with Crippen molar-refractivity contribution in [2.45, 2.75) is 32.9 Å². The van der Waals surface area contributed by atoms with Gasteiger partial charge in [0.2, 0.25) is 5.91 Å². The summed E-state index contributed by atoms with van der Waals surface area (Å²) in [5.74, 6) is 5.13. The van der Waals surface area contributed by atoms with E-state index < -0.39 is 6.04 Å². The molecular weight excluding hydrogens is 266 g/mol. The van der Waals surface area contributed by atoms with Crippen LogP contribution in [0.1, 0.15) is 36.7 Å². The molecule has 21 heavy (non-hydrogen) atoms. The summed E-state index contributed by atoms with van der Waals surface area (Å²) in [6, 6.07) is 6.28. The molecule has 0 bridgehead atoms. The highest BCUT2D eigenvalue weighted by Gasteiger charge is 2.16. The summed E-state index contributed by atoms with van der Waals surface area (Å²) in [5.41, 5.74) is 6.57. The summed E-state index contributed by atoms with van der Waals surface area (Å²) in [7, 11) is 0. The quantitative estimate of drug-likeness (QED) is 0.711. The van der Waals surface area contributed by atoms with Crippen LogP contribution in [0.3, 0.4) is 0 Å². The van der Waals surface area contributed by atoms with E-state index in [1.807, 2.05) is 13.8 Å². The summed E-state index contributed by atoms with van der Waals surface area (Å²) >= 11 is 0. The fraction of sp³-hybridized carbons (Fsp3) is 0.375. The predicted octanol–water partition coefficient (Wildman–Crippen LogP) is 0.640. The van der Waals surface area contributed by atoms with Crippen LogP contribution < -0.4 is 16.4 Å². The van der Waals surface area contributed by atoms with Crippen LogP contribution in [-0.2, 0) is 4.79 Å². The molecule has 0 aliphatic carbocycles. The van der Waals surface area contributed by atoms with Crippen molar-refractivity contribution in [2.75, 3.05) is 6.54 Å². The lowest BCUT2D eigenvalue weighted by molar-refractivity contribution is -0.123. The molecule has 1 aromatic carbocycles. The van der Waals surface area contributed by atoms with Gasteiger partial charge in [-0.3, -0.25) is 9.59 Å². The lowest BCUT2D eigenvalue weighted by atomic mass is 10.1. The molecule has 0 fully saturated rings. The zero-order valence-electron chi connectivity index (χ0n) is 12.6. The van der Waals surface area contributed by atoms with Crippen LogP contribution in [0.2, 0.25) is 0 Å². The average molecular weight is 287 g/mol. The number of hydrogen-bond donors (Lipinski definition) is 3. The molecule has 0 aliphatic rings. The fourth-order valence-electron chi connectivity index (χ4n) is 1.61. The number of nitrogens with one attached hydrogen (secondary N) is 2. The number of nitrogens with two attached hydrogens (primary N) is 1. The summed E-state index contributed by atoms with van der Waals surface area (Å²) < 4.78 is 0. The van der Waals surface area contributed by atoms with Crippen LogP contribution in [0.25, 0.3) is 0 Å². The van der Waals surface area contributed by atoms with Crippen LogP contribution in [0, 0.1) is 11.8 Å². The molecule has 1 aromatic rings. The first-order valence-electron chi connectivity index (χ1n) is 6.84. The highest BCUT2D eigenvalue weighted by atomic mass is 16.2. The maximum atomic E-state index is 12.0. The SMILES string of the molecule is CC(C)NC(=O)C(C)NC(=O)c1ccc(C#CCN)cc1. The van der Waals surface area contributed by atoms with Crippen molar-refractivity contribution >= 4 is 11.8 Å². The molecule has 1 unspecified atom stereocenters. The van der Waals surface area contributed by atoms with Crippen LogP contribution in [0.4, 0.5) is 0 Å². The molecule has 5 nitrogen and oxygen atoms in total. The van der Waals surface area contributed by atoms with Crippen LogP contribution >= 0.6 is 0 Å². The second-order valence-electron chi connectivity index (χ2n) is 4.94. The minimum absolute atomic E-state index is 0.0391. The molecule has 0 saturated heterocycles. The average Bonchev–Trinajstić information content (AvgIpc) is 2.44. The molecule has 0 spiro atoms. The smallest absolute Gasteiger partial charge is 0.251 e. The Hall–Kier alpha value is -2.32. The highest BCUT2D eigenvalue weighted by molar-refractivity contribution is 5.97. The van der Waals surface area contributed by atoms with Gasteiger partial charge in [0.1, 0.15) is 6.04 Å². The molecule has 4 N–H and O–H groups in total. The van der Waals surface area contributed by atoms with Gasteiger partial charge in [0, 0.05) is 17.2 Å². The van der Waals surface area contributed by atoms with Gasteiger partial charge >= 0.3 is 0 Å². The first-order chi connectivity index (χ1) is 9.93. The Kier molecular flexibility index (Phi) is 6.44. The van der Waals surface area contributed by atoms with E-state index in [1.54, 1.807) is 31.2 Å². The lowest BCUT2D eigenvalue weighted by Gasteiger charge is -2.16. The molecular formula is C16H21N3O2. The van der Waals surface area contributed by atoms with Gasteiger partial charge in [0.05, 0.1) is 6.54 Å². The standard InChI is InChI=1S/C16H21N3O2/c1-11(2)18-15(20)12(3)19-16(21)14-8-6-13(7-9-14)5-4-10-17/h6-9,11-12H,10,17H2,1-3H3,(H,18,20)(H,19,21). The van der Waals surface area contributed by atoms with Crippen LogP contribution in [0.5, 0.6) is 0 Å². The molecule has 0 saturated carbocycles. The van der Waals surface area contributed by atoms with E-state index in [4.69, 9.17) is 5.73 Å². The Morgan fingerprint density at radius 3 is 2.29 bits per heavy atom. The van der Waals surface area contributed by atoms with Gasteiger partial charge < -0.3 is 16.4 Å². The summed E-state index contributed by atoms with van der Waals surface area (Å²) in [4.78, 5) is 23.8. The number of rotatable bonds is 4. The third-order valence-corrected chi connectivity index (χ3v) is 2.65. The van der Waals surface area contributed by atoms with Crippen molar-refractivity contribution in [1.82, 2.24) is 10.6 Å². The maximum Gasteiger partial charge on any atom is 0.251 e. The first-order valence-corrected chi connectivity index (χ1v) is 6.84. The number of hydrogen-bond acceptors (Lipinski definition) is 3. The Morgan fingerprint density at radius 2 is 1.76 bits per heavy atom. The minimum Gasteiger partial charge on any atom is -0.352 e. The van der Waals surface area contributed by atoms with Gasteiger partial charge in [-0.1, -0.05) is 11.8 Å². The number of amides is 2. The number of carbonyl (C=O) groups excluding carboxylic acids is 2. The van der Waals surface area contributed by atoms with E-state index in [-0.39, 0.29) is 17.9 Å². The van der Waals surface area contributed by atoms with E-state index in [2.05, 4.69) is 22.5 Å². The van der Waals surface area contributed by atoms with Gasteiger partial charge in [-0.2, -0.15) is 0 Å². The largest absolute Gasteiger partial charge is 0.352 e. The Balaban J connectivity index is 2.65. The molecule has 0 aromatic heterocycles. The Labute approximate surface area is 125 Å². The molecule has 0 heterocycles. The zero-order valence-corrected chi connectivity index (χ0v) is 12.6. The van der Waals surface area contributed by atoms with E-state index in [1.165, 1.54) is 0 Å². The van der Waals surface area contributed by atoms with Gasteiger partial charge in [-0.25, -0.2) is 0 Å². The van der Waals surface area contributed by atoms with Gasteiger partial charge in [-0.05, 0) is 45.0 Å². The molecule has 2 amide bonds. The molecule has 0 radical (unpaired) electrons. The van der Waals surface area contributed by atoms with Gasteiger partial charge in [-0.15, -0.1) is 0 Å². The van der Waals surface area contributed by atoms with Crippen molar-refractivity contribution in [1.29, 1.82) is 0 Å². The topological polar surface area (TPSA) is 84.2 Å². The predicted molar refractivity (Wildman–Crippen MR) is 82.6 cm³/mol. The molecule has 0 aliphatic heterocycles. The monoisotopic (exact) mass is 287 g/mol. The van der Waals surface area contributed by atoms with Crippen LogP contribution in [-0.4, -0.2) is 30.4 Å². The van der Waals surface area contributed by atoms with Crippen molar-refractivity contribution in [3.05, 3.63) is 35.4 Å². The highest BCUT2D eigenvalue weighted by Crippen LogP contribution is 2.04. The number of benzene rings is 1. The first kappa shape index (κ1) is 16.7. The van der Waals surface area contributed by atoms with E-state index in [0.717, 1.165) is 5.56 Å². The molecule has 5 heteroatoms. The van der Waals surface area contributed by atoms with E-state index in [0.29, 0.717) is 12.1 Å². The lowest BCUT2D eigenvalue weighted by Crippen LogP contribution is -2.46. The van der Waals surface area contributed by atoms with E-state index >= 15 is 0 Å². The third kappa shape index (κ3) is 5.67. The normalized spacial score (nSPS) is 11.3. The summed E-state index contributed by atoms with van der Waals surface area (Å²) in [6.07, 6.45) is 0. The van der Waals surface area contributed by atoms with E-state index in [9.17, 15) is 9.59 Å². The number of carbonyl (C=O) groups is 2. The van der Waals surface area contributed by atoms with Crippen LogP contribution in [0.15, 0.2) is 24.3 Å². The van der Waals surface area contributed by atoms with Crippen molar-refractivity contribution < 1.29 is 9.59 Å². The van der Waals surface area contributed by atoms with Crippen molar-refractivity contribution in [3.8, 4) is 11.8 Å². The molecule has 1 atom stereocenters.